The first-order chi connectivity index (χ1) is 11.1. The van der Waals surface area contributed by atoms with Gasteiger partial charge in [0, 0.05) is 12.3 Å². The first-order valence-electron chi connectivity index (χ1n) is 7.78. The van der Waals surface area contributed by atoms with Crippen molar-refractivity contribution in [3.63, 3.8) is 0 Å². The van der Waals surface area contributed by atoms with Crippen LogP contribution in [0.4, 0.5) is 5.82 Å². The molecule has 0 aliphatic heterocycles. The minimum Gasteiger partial charge on any atom is -0.382 e. The van der Waals surface area contributed by atoms with Gasteiger partial charge in [0.15, 0.2) is 16.6 Å². The second-order valence-corrected chi connectivity index (χ2v) is 7.00. The van der Waals surface area contributed by atoms with Gasteiger partial charge in [-0.1, -0.05) is 55.9 Å². The molecule has 0 aliphatic carbocycles. The van der Waals surface area contributed by atoms with Crippen molar-refractivity contribution in [1.82, 2.24) is 19.5 Å². The summed E-state index contributed by atoms with van der Waals surface area (Å²) in [5.41, 5.74) is 8.88. The van der Waals surface area contributed by atoms with Crippen LogP contribution in [0.1, 0.15) is 19.4 Å². The molecule has 0 saturated carbocycles. The van der Waals surface area contributed by atoms with Crippen molar-refractivity contribution in [1.29, 1.82) is 0 Å². The van der Waals surface area contributed by atoms with Crippen LogP contribution in [0.25, 0.3) is 11.2 Å². The molecule has 2 N–H and O–H groups in total. The highest BCUT2D eigenvalue weighted by molar-refractivity contribution is 7.99. The summed E-state index contributed by atoms with van der Waals surface area (Å²) in [5, 5.41) is 0.719. The summed E-state index contributed by atoms with van der Waals surface area (Å²) in [7, 11) is 0. The molecule has 2 aromatic heterocycles. The van der Waals surface area contributed by atoms with Crippen molar-refractivity contribution in [3.05, 3.63) is 42.2 Å². The molecule has 23 heavy (non-hydrogen) atoms. The molecule has 3 aromatic rings. The zero-order chi connectivity index (χ0) is 16.2. The first-order valence-corrected chi connectivity index (χ1v) is 8.77. The van der Waals surface area contributed by atoms with Gasteiger partial charge < -0.3 is 10.3 Å². The molecule has 120 valence electrons. The Morgan fingerprint density at radius 2 is 1.96 bits per heavy atom. The first kappa shape index (κ1) is 15.8. The van der Waals surface area contributed by atoms with Gasteiger partial charge in [-0.2, -0.15) is 0 Å². The zero-order valence-electron chi connectivity index (χ0n) is 13.4. The fraction of sp³-hybridized carbons (Fsp3) is 0.353. The topological polar surface area (TPSA) is 69.6 Å². The van der Waals surface area contributed by atoms with E-state index in [1.165, 1.54) is 5.56 Å². The van der Waals surface area contributed by atoms with Crippen molar-refractivity contribution < 1.29 is 0 Å². The van der Waals surface area contributed by atoms with Crippen molar-refractivity contribution >= 4 is 28.7 Å². The number of rotatable bonds is 6. The summed E-state index contributed by atoms with van der Waals surface area (Å²) in [4.78, 5) is 13.4. The lowest BCUT2D eigenvalue weighted by atomic mass is 10.2. The monoisotopic (exact) mass is 327 g/mol. The minimum atomic E-state index is 0.458. The fourth-order valence-electron chi connectivity index (χ4n) is 2.44. The molecule has 0 radical (unpaired) electrons. The number of hydrogen-bond donors (Lipinski definition) is 1. The summed E-state index contributed by atoms with van der Waals surface area (Å²) in [6.45, 7) is 5.22. The van der Waals surface area contributed by atoms with Crippen LogP contribution in [0.2, 0.25) is 0 Å². The van der Waals surface area contributed by atoms with Gasteiger partial charge in [0.25, 0.3) is 0 Å². The number of benzene rings is 1. The molecule has 6 heteroatoms. The molecule has 0 spiro atoms. The summed E-state index contributed by atoms with van der Waals surface area (Å²) in [6.07, 6.45) is 2.78. The number of anilines is 1. The number of thioether (sulfide) groups is 1. The van der Waals surface area contributed by atoms with Crippen LogP contribution in [0, 0.1) is 5.92 Å². The molecular weight excluding hydrogens is 306 g/mol. The van der Waals surface area contributed by atoms with E-state index in [1.54, 1.807) is 18.1 Å². The quantitative estimate of drug-likeness (QED) is 0.555. The number of aromatic nitrogens is 4. The SMILES string of the molecule is CC(C)Cn1cnc2c(N)nc(SCCc3ccccc3)nc21. The van der Waals surface area contributed by atoms with Crippen molar-refractivity contribution in [2.24, 2.45) is 5.92 Å². The number of imidazole rings is 1. The molecule has 0 atom stereocenters. The summed E-state index contributed by atoms with van der Waals surface area (Å²) in [6, 6.07) is 10.4. The van der Waals surface area contributed by atoms with Crippen molar-refractivity contribution in [3.8, 4) is 0 Å². The second-order valence-electron chi connectivity index (χ2n) is 5.94. The van der Waals surface area contributed by atoms with E-state index in [0.29, 0.717) is 17.3 Å². The molecule has 0 fully saturated rings. The molecule has 0 aliphatic rings. The molecule has 3 rings (SSSR count). The van der Waals surface area contributed by atoms with Crippen LogP contribution < -0.4 is 5.73 Å². The zero-order valence-corrected chi connectivity index (χ0v) is 14.3. The number of aryl methyl sites for hydroxylation is 1. The molecule has 0 saturated heterocycles. The van der Waals surface area contributed by atoms with Crippen molar-refractivity contribution in [2.75, 3.05) is 11.5 Å². The van der Waals surface area contributed by atoms with Crippen LogP contribution in [0.3, 0.4) is 0 Å². The third-order valence-electron chi connectivity index (χ3n) is 3.50. The maximum atomic E-state index is 6.04. The Kier molecular flexibility index (Phi) is 4.81. The number of nitrogen functional groups attached to an aromatic ring is 1. The van der Waals surface area contributed by atoms with E-state index in [1.807, 2.05) is 6.07 Å². The largest absolute Gasteiger partial charge is 0.382 e. The number of nitrogens with zero attached hydrogens (tertiary/aromatic N) is 4. The Labute approximate surface area is 140 Å². The lowest BCUT2D eigenvalue weighted by molar-refractivity contribution is 0.529. The molecule has 1 aromatic carbocycles. The highest BCUT2D eigenvalue weighted by Gasteiger charge is 2.12. The standard InChI is InChI=1S/C17H21N5S/c1-12(2)10-22-11-19-14-15(18)20-17(21-16(14)22)23-9-8-13-6-4-3-5-7-13/h3-7,11-12H,8-10H2,1-2H3,(H2,18,20,21). The predicted octanol–water partition coefficient (Wildman–Crippen LogP) is 3.40. The molecule has 0 unspecified atom stereocenters. The molecular formula is C17H21N5S. The molecule has 0 amide bonds. The maximum absolute atomic E-state index is 6.04. The van der Waals surface area contributed by atoms with E-state index in [0.717, 1.165) is 29.5 Å². The normalized spacial score (nSPS) is 11.4. The van der Waals surface area contributed by atoms with E-state index in [-0.39, 0.29) is 0 Å². The van der Waals surface area contributed by atoms with E-state index in [4.69, 9.17) is 5.73 Å². The number of nitrogens with two attached hydrogens (primary N) is 1. The summed E-state index contributed by atoms with van der Waals surface area (Å²) in [5.74, 6) is 1.91. The average molecular weight is 327 g/mol. The second kappa shape index (κ2) is 7.00. The Bertz CT molecular complexity index is 782. The van der Waals surface area contributed by atoms with Crippen LogP contribution in [0.15, 0.2) is 41.8 Å². The third kappa shape index (κ3) is 3.82. The number of fused-ring (bicyclic) bond motifs is 1. The summed E-state index contributed by atoms with van der Waals surface area (Å²) < 4.78 is 2.05. The fourth-order valence-corrected chi connectivity index (χ4v) is 3.28. The Morgan fingerprint density at radius 1 is 1.17 bits per heavy atom. The van der Waals surface area contributed by atoms with Gasteiger partial charge in [-0.05, 0) is 17.9 Å². The van der Waals surface area contributed by atoms with E-state index in [9.17, 15) is 0 Å². The van der Waals surface area contributed by atoms with Crippen molar-refractivity contribution in [2.45, 2.75) is 32.0 Å². The van der Waals surface area contributed by atoms with Gasteiger partial charge in [-0.3, -0.25) is 0 Å². The van der Waals surface area contributed by atoms with Gasteiger partial charge in [0.05, 0.1) is 6.33 Å². The third-order valence-corrected chi connectivity index (χ3v) is 4.35. The molecule has 5 nitrogen and oxygen atoms in total. The average Bonchev–Trinajstić information content (AvgIpc) is 2.91. The molecule has 0 bridgehead atoms. The van der Waals surface area contributed by atoms with Gasteiger partial charge in [-0.15, -0.1) is 0 Å². The van der Waals surface area contributed by atoms with Crippen LogP contribution in [-0.4, -0.2) is 25.3 Å². The van der Waals surface area contributed by atoms with E-state index < -0.39 is 0 Å². The number of hydrogen-bond acceptors (Lipinski definition) is 5. The smallest absolute Gasteiger partial charge is 0.191 e. The van der Waals surface area contributed by atoms with Crippen LogP contribution >= 0.6 is 11.8 Å². The van der Waals surface area contributed by atoms with Gasteiger partial charge in [-0.25, -0.2) is 15.0 Å². The Balaban J connectivity index is 1.75. The summed E-state index contributed by atoms with van der Waals surface area (Å²) >= 11 is 1.63. The highest BCUT2D eigenvalue weighted by Crippen LogP contribution is 2.22. The predicted molar refractivity (Wildman–Crippen MR) is 95.4 cm³/mol. The van der Waals surface area contributed by atoms with Gasteiger partial charge in [0.2, 0.25) is 0 Å². The minimum absolute atomic E-state index is 0.458. The lowest BCUT2D eigenvalue weighted by Crippen LogP contribution is -2.05. The van der Waals surface area contributed by atoms with Gasteiger partial charge in [0.1, 0.15) is 5.52 Å². The Hall–Kier alpha value is -2.08. The Morgan fingerprint density at radius 3 is 2.70 bits per heavy atom. The van der Waals surface area contributed by atoms with E-state index in [2.05, 4.69) is 57.6 Å². The van der Waals surface area contributed by atoms with Crippen LogP contribution in [-0.2, 0) is 13.0 Å². The lowest BCUT2D eigenvalue weighted by Gasteiger charge is -2.08. The van der Waals surface area contributed by atoms with Gasteiger partial charge >= 0.3 is 0 Å². The maximum Gasteiger partial charge on any atom is 0.191 e. The van der Waals surface area contributed by atoms with Crippen LogP contribution in [0.5, 0.6) is 0 Å². The van der Waals surface area contributed by atoms with E-state index >= 15 is 0 Å². The molecule has 2 heterocycles. The highest BCUT2D eigenvalue weighted by atomic mass is 32.2.